The topological polar surface area (TPSA) is 128 Å². The van der Waals surface area contributed by atoms with E-state index in [0.717, 1.165) is 18.8 Å². The van der Waals surface area contributed by atoms with E-state index in [0.29, 0.717) is 18.8 Å². The van der Waals surface area contributed by atoms with E-state index in [2.05, 4.69) is 0 Å². The van der Waals surface area contributed by atoms with Crippen LogP contribution in [0.3, 0.4) is 0 Å². The fourth-order valence-electron chi connectivity index (χ4n) is 4.39. The molecule has 8 heteroatoms. The van der Waals surface area contributed by atoms with E-state index >= 15 is 0 Å². The van der Waals surface area contributed by atoms with E-state index in [1.54, 1.807) is 12.1 Å². The third-order valence-corrected chi connectivity index (χ3v) is 6.31. The Labute approximate surface area is 187 Å². The van der Waals surface area contributed by atoms with Crippen LogP contribution in [0.4, 0.5) is 11.4 Å². The highest BCUT2D eigenvalue weighted by Gasteiger charge is 2.67. The quantitative estimate of drug-likeness (QED) is 0.343. The van der Waals surface area contributed by atoms with Gasteiger partial charge in [-0.25, -0.2) is 0 Å². The summed E-state index contributed by atoms with van der Waals surface area (Å²) in [6.45, 7) is 10.7. The minimum absolute atomic E-state index is 0.0210. The van der Waals surface area contributed by atoms with Crippen LogP contribution in [0.15, 0.2) is 42.2 Å². The molecule has 1 atom stereocenters. The lowest BCUT2D eigenvalue weighted by Crippen LogP contribution is -2.62. The Morgan fingerprint density at radius 1 is 0.688 bits per heavy atom. The van der Waals surface area contributed by atoms with Crippen LogP contribution in [0.5, 0.6) is 11.5 Å². The third kappa shape index (κ3) is 3.35. The maximum atomic E-state index is 11.1. The number of phenolic OH excluding ortho intramolecular Hbond substituents is 2. The van der Waals surface area contributed by atoms with Crippen molar-refractivity contribution in [3.05, 3.63) is 53.3 Å². The number of aliphatic hydroxyl groups excluding tert-OH is 1. The van der Waals surface area contributed by atoms with Gasteiger partial charge < -0.3 is 40.4 Å². The molecule has 174 valence electrons. The minimum Gasteiger partial charge on any atom is -0.508 e. The summed E-state index contributed by atoms with van der Waals surface area (Å²) in [5.74, 6) is -4.36. The van der Waals surface area contributed by atoms with Gasteiger partial charge >= 0.3 is 0 Å². The van der Waals surface area contributed by atoms with E-state index < -0.39 is 28.5 Å². The normalized spacial score (nSPS) is 19.6. The van der Waals surface area contributed by atoms with Crippen LogP contribution in [0.2, 0.25) is 0 Å². The fraction of sp³-hybridized carbons (Fsp3) is 0.417. The molecule has 0 spiro atoms. The number of nitrogens with zero attached hydrogens (tertiary/aromatic N) is 2. The molecule has 32 heavy (non-hydrogen) atoms. The van der Waals surface area contributed by atoms with Crippen LogP contribution in [-0.2, 0) is 5.60 Å². The van der Waals surface area contributed by atoms with E-state index in [1.807, 2.05) is 37.5 Å². The zero-order valence-corrected chi connectivity index (χ0v) is 18.9. The van der Waals surface area contributed by atoms with E-state index in [4.69, 9.17) is 0 Å². The van der Waals surface area contributed by atoms with Crippen LogP contribution in [0.25, 0.3) is 5.57 Å². The Kier molecular flexibility index (Phi) is 6.33. The molecule has 0 fully saturated rings. The second-order valence-corrected chi connectivity index (χ2v) is 7.85. The standard InChI is InChI=1S/C24H32N2O6/c1-5-25(6-2)15-9-11-17(19(27)13-15)21-22(29)23(30,24(21,31)32)18-12-10-16(14-20(18)28)26(7-3)8-4/h9-14,27-32H,5-8H2,1-4H3. The molecule has 6 N–H and O–H groups in total. The molecule has 0 heterocycles. The van der Waals surface area contributed by atoms with Crippen LogP contribution < -0.4 is 9.80 Å². The molecule has 2 aromatic rings. The molecule has 0 amide bonds. The number of rotatable bonds is 8. The molecule has 0 radical (unpaired) electrons. The van der Waals surface area contributed by atoms with Crippen molar-refractivity contribution in [3.63, 3.8) is 0 Å². The molecule has 1 aliphatic rings. The molecule has 0 saturated carbocycles. The summed E-state index contributed by atoms with van der Waals surface area (Å²) in [7, 11) is 0. The van der Waals surface area contributed by atoms with Gasteiger partial charge in [-0.1, -0.05) is 0 Å². The number of hydrogen-bond donors (Lipinski definition) is 6. The highest BCUT2D eigenvalue weighted by Crippen LogP contribution is 2.58. The predicted octanol–water partition coefficient (Wildman–Crippen LogP) is 2.64. The van der Waals surface area contributed by atoms with E-state index in [9.17, 15) is 30.6 Å². The fourth-order valence-corrected chi connectivity index (χ4v) is 4.39. The number of benzene rings is 2. The second-order valence-electron chi connectivity index (χ2n) is 7.85. The lowest BCUT2D eigenvalue weighted by molar-refractivity contribution is -0.259. The lowest BCUT2D eigenvalue weighted by atomic mass is 9.66. The number of anilines is 2. The summed E-state index contributed by atoms with van der Waals surface area (Å²) in [6.07, 6.45) is 0. The Balaban J connectivity index is 2.06. The van der Waals surface area contributed by atoms with Gasteiger partial charge in [-0.2, -0.15) is 0 Å². The number of aliphatic hydroxyl groups is 4. The smallest absolute Gasteiger partial charge is 0.236 e. The highest BCUT2D eigenvalue weighted by atomic mass is 16.5. The molecule has 0 aliphatic heterocycles. The molecule has 1 unspecified atom stereocenters. The first-order valence-corrected chi connectivity index (χ1v) is 10.9. The van der Waals surface area contributed by atoms with Crippen molar-refractivity contribution in [2.75, 3.05) is 36.0 Å². The molecular formula is C24H32N2O6. The zero-order chi connectivity index (χ0) is 23.8. The van der Waals surface area contributed by atoms with Gasteiger partial charge in [0.15, 0.2) is 0 Å². The van der Waals surface area contributed by atoms with Gasteiger partial charge in [0.2, 0.25) is 11.4 Å². The summed E-state index contributed by atoms with van der Waals surface area (Å²) in [6, 6.07) is 8.98. The Bertz CT molecular complexity index is 1030. The van der Waals surface area contributed by atoms with Gasteiger partial charge in [-0.05, 0) is 52.0 Å². The molecule has 8 nitrogen and oxygen atoms in total. The summed E-state index contributed by atoms with van der Waals surface area (Å²) in [4.78, 5) is 3.96. The van der Waals surface area contributed by atoms with Gasteiger partial charge in [-0.15, -0.1) is 0 Å². The summed E-state index contributed by atoms with van der Waals surface area (Å²) in [5, 5.41) is 64.5. The van der Waals surface area contributed by atoms with E-state index in [1.165, 1.54) is 24.3 Å². The third-order valence-electron chi connectivity index (χ3n) is 6.31. The molecule has 0 saturated heterocycles. The van der Waals surface area contributed by atoms with Gasteiger partial charge in [0.1, 0.15) is 17.3 Å². The second kappa shape index (κ2) is 8.54. The van der Waals surface area contributed by atoms with Crippen molar-refractivity contribution in [2.24, 2.45) is 0 Å². The van der Waals surface area contributed by atoms with Crippen molar-refractivity contribution in [1.82, 2.24) is 0 Å². The van der Waals surface area contributed by atoms with Crippen molar-refractivity contribution < 1.29 is 30.6 Å². The molecule has 0 bridgehead atoms. The first kappa shape index (κ1) is 23.7. The molecule has 0 aromatic heterocycles. The van der Waals surface area contributed by atoms with E-state index in [-0.39, 0.29) is 16.9 Å². The first-order valence-electron chi connectivity index (χ1n) is 10.9. The summed E-state index contributed by atoms with van der Waals surface area (Å²) in [5.41, 5.74) is -1.92. The predicted molar refractivity (Wildman–Crippen MR) is 124 cm³/mol. The average molecular weight is 445 g/mol. The highest BCUT2D eigenvalue weighted by molar-refractivity contribution is 5.87. The summed E-state index contributed by atoms with van der Waals surface area (Å²) < 4.78 is 0. The van der Waals surface area contributed by atoms with Crippen molar-refractivity contribution in [1.29, 1.82) is 0 Å². The molecular weight excluding hydrogens is 412 g/mol. The number of phenols is 2. The van der Waals surface area contributed by atoms with Gasteiger partial charge in [-0.3, -0.25) is 0 Å². The average Bonchev–Trinajstić information content (AvgIpc) is 2.76. The van der Waals surface area contributed by atoms with Crippen LogP contribution in [0.1, 0.15) is 38.8 Å². The van der Waals surface area contributed by atoms with Crippen molar-refractivity contribution in [3.8, 4) is 11.5 Å². The monoisotopic (exact) mass is 444 g/mol. The maximum absolute atomic E-state index is 11.1. The largest absolute Gasteiger partial charge is 0.508 e. The summed E-state index contributed by atoms with van der Waals surface area (Å²) >= 11 is 0. The maximum Gasteiger partial charge on any atom is 0.236 e. The minimum atomic E-state index is -2.94. The van der Waals surface area contributed by atoms with Crippen LogP contribution >= 0.6 is 0 Å². The zero-order valence-electron chi connectivity index (χ0n) is 18.9. The Morgan fingerprint density at radius 2 is 1.16 bits per heavy atom. The molecule has 1 aliphatic carbocycles. The van der Waals surface area contributed by atoms with Crippen LogP contribution in [-0.4, -0.2) is 62.6 Å². The molecule has 3 rings (SSSR count). The SMILES string of the molecule is CCN(CC)c1ccc(C2=C(O)C(O)(c3ccc(N(CC)CC)cc3O)C2(O)O)c(O)c1. The van der Waals surface area contributed by atoms with Crippen LogP contribution in [0, 0.1) is 0 Å². The van der Waals surface area contributed by atoms with Crippen molar-refractivity contribution in [2.45, 2.75) is 39.1 Å². The lowest BCUT2D eigenvalue weighted by Gasteiger charge is -2.49. The number of hydrogen-bond acceptors (Lipinski definition) is 8. The Morgan fingerprint density at radius 3 is 1.56 bits per heavy atom. The first-order chi connectivity index (χ1) is 15.1. The van der Waals surface area contributed by atoms with Gasteiger partial charge in [0, 0.05) is 60.8 Å². The molecule has 2 aromatic carbocycles. The van der Waals surface area contributed by atoms with Crippen molar-refractivity contribution >= 4 is 16.9 Å². The van der Waals surface area contributed by atoms with Gasteiger partial charge in [0.05, 0.1) is 5.57 Å². The van der Waals surface area contributed by atoms with Gasteiger partial charge in [0.25, 0.3) is 0 Å². The number of aromatic hydroxyl groups is 2. The Hall–Kier alpha value is -2.94.